The molecule has 1 amide bonds. The minimum absolute atomic E-state index is 0.141. The molecule has 3 aromatic heterocycles. The van der Waals surface area contributed by atoms with Crippen LogP contribution in [0.3, 0.4) is 0 Å². The van der Waals surface area contributed by atoms with Crippen LogP contribution in [0.1, 0.15) is 109 Å². The molecule has 5 heterocycles. The zero-order chi connectivity index (χ0) is 39.8. The van der Waals surface area contributed by atoms with Crippen LogP contribution in [-0.2, 0) is 46.2 Å². The number of aryl methyl sites for hydroxylation is 3. The number of hydrogen-bond acceptors (Lipinski definition) is 9. The molecule has 294 valence electrons. The minimum Gasteiger partial charge on any atom is -0.469 e. The first-order chi connectivity index (χ1) is 26.5. The van der Waals surface area contributed by atoms with E-state index in [1.54, 1.807) is 0 Å². The molecule has 0 aromatic carbocycles. The second-order valence-corrected chi connectivity index (χ2v) is 14.0. The average molecular weight is 754 g/mol. The summed E-state index contributed by atoms with van der Waals surface area (Å²) in [5.41, 5.74) is 11.6. The maximum atomic E-state index is 14.3. The third-order valence-electron chi connectivity index (χ3n) is 10.6. The van der Waals surface area contributed by atoms with Crippen molar-refractivity contribution in [1.29, 1.82) is 0 Å². The molecule has 0 saturated heterocycles. The predicted molar refractivity (Wildman–Crippen MR) is 215 cm³/mol. The van der Waals surface area contributed by atoms with Crippen molar-refractivity contribution in [3.8, 4) is 0 Å². The van der Waals surface area contributed by atoms with E-state index in [0.29, 0.717) is 66.6 Å². The number of rotatable bonds is 16. The SMILES string of the molecule is C=Cc1c(C)c2cc3nc(c(CC(=O)OC)c4nc(cc5[nH]c(cc1[nH]2)c(C)c5CC)C(C)=C4C(=O)NCCOCCOCCC)C(CCC(=O)OC)C3C. The van der Waals surface area contributed by atoms with Crippen LogP contribution in [0.5, 0.6) is 0 Å². The summed E-state index contributed by atoms with van der Waals surface area (Å²) in [6, 6.07) is 6.10. The summed E-state index contributed by atoms with van der Waals surface area (Å²) >= 11 is 0. The molecule has 0 fully saturated rings. The quantitative estimate of drug-likeness (QED) is 0.102. The standard InChI is InChI=1S/C43H55N5O7/c1-10-16-54-18-19-55-17-15-44-43(51)40-27(7)35-23-37-29(12-3)25(5)33(46-37)22-36-28(11-2)24(4)32(45-36)21-34-26(6)30(13-14-38(49)52-8)41(47-34)31(42(40)48-35)20-39(50)53-9/h11,21-23,26,30,45-46H,2,10,12-20H2,1,3-9H3,(H,44,51). The second kappa shape index (κ2) is 18.5. The number of amides is 1. The van der Waals surface area contributed by atoms with Crippen molar-refractivity contribution >= 4 is 57.1 Å². The van der Waals surface area contributed by atoms with Crippen molar-refractivity contribution in [1.82, 2.24) is 25.3 Å². The lowest BCUT2D eigenvalue weighted by atomic mass is 9.84. The molecule has 2 aliphatic rings. The molecule has 12 nitrogen and oxygen atoms in total. The van der Waals surface area contributed by atoms with Gasteiger partial charge < -0.3 is 34.2 Å². The number of fused-ring (bicyclic) bond motifs is 8. The number of hydrogen-bond donors (Lipinski definition) is 3. The number of allylic oxidation sites excluding steroid dienone is 1. The minimum atomic E-state index is -0.506. The van der Waals surface area contributed by atoms with E-state index in [1.807, 2.05) is 39.0 Å². The Balaban J connectivity index is 1.81. The summed E-state index contributed by atoms with van der Waals surface area (Å²) in [6.45, 7) is 18.5. The first-order valence-corrected chi connectivity index (χ1v) is 19.1. The summed E-state index contributed by atoms with van der Waals surface area (Å²) in [5.74, 6) is -1.67. The maximum absolute atomic E-state index is 14.3. The molecule has 2 unspecified atom stereocenters. The van der Waals surface area contributed by atoms with Crippen LogP contribution < -0.4 is 5.32 Å². The van der Waals surface area contributed by atoms with Gasteiger partial charge in [0.25, 0.3) is 5.91 Å². The number of H-pyrrole nitrogens is 2. The number of esters is 2. The van der Waals surface area contributed by atoms with Crippen molar-refractivity contribution in [2.45, 2.75) is 85.5 Å². The Morgan fingerprint density at radius 2 is 1.55 bits per heavy atom. The molecule has 2 atom stereocenters. The average Bonchev–Trinajstić information content (AvgIpc) is 3.86. The van der Waals surface area contributed by atoms with Gasteiger partial charge in [0.1, 0.15) is 0 Å². The van der Waals surface area contributed by atoms with Gasteiger partial charge in [0.05, 0.1) is 63.1 Å². The molecule has 8 bridgehead atoms. The van der Waals surface area contributed by atoms with Gasteiger partial charge >= 0.3 is 11.9 Å². The number of carbonyl (C=O) groups excluding carboxylic acids is 3. The van der Waals surface area contributed by atoms with Crippen LogP contribution in [0.15, 0.2) is 24.8 Å². The highest BCUT2D eigenvalue weighted by molar-refractivity contribution is 6.27. The van der Waals surface area contributed by atoms with Crippen molar-refractivity contribution in [3.05, 3.63) is 75.4 Å². The molecule has 12 heteroatoms. The highest BCUT2D eigenvalue weighted by Gasteiger charge is 2.35. The summed E-state index contributed by atoms with van der Waals surface area (Å²) < 4.78 is 21.4. The lowest BCUT2D eigenvalue weighted by Crippen LogP contribution is -2.29. The number of ether oxygens (including phenoxy) is 4. The number of aromatic nitrogens is 4. The number of methoxy groups -OCH3 is 2. The molecular formula is C43H55N5O7. The van der Waals surface area contributed by atoms with Gasteiger partial charge in [-0.15, -0.1) is 0 Å². The Kier molecular flexibility index (Phi) is 13.8. The van der Waals surface area contributed by atoms with Gasteiger partial charge in [0.2, 0.25) is 0 Å². The largest absolute Gasteiger partial charge is 0.469 e. The highest BCUT2D eigenvalue weighted by Crippen LogP contribution is 2.44. The second-order valence-electron chi connectivity index (χ2n) is 14.0. The fourth-order valence-corrected chi connectivity index (χ4v) is 7.50. The van der Waals surface area contributed by atoms with Crippen LogP contribution in [0.2, 0.25) is 0 Å². The van der Waals surface area contributed by atoms with E-state index in [4.69, 9.17) is 28.9 Å². The highest BCUT2D eigenvalue weighted by atomic mass is 16.5. The Bertz CT molecular complexity index is 2140. The maximum Gasteiger partial charge on any atom is 0.310 e. The number of aromatic amines is 2. The van der Waals surface area contributed by atoms with Crippen LogP contribution in [-0.4, -0.2) is 85.0 Å². The lowest BCUT2D eigenvalue weighted by molar-refractivity contribution is -0.141. The zero-order valence-electron chi connectivity index (χ0n) is 33.5. The fourth-order valence-electron chi connectivity index (χ4n) is 7.50. The Morgan fingerprint density at radius 3 is 2.22 bits per heavy atom. The van der Waals surface area contributed by atoms with E-state index in [1.165, 1.54) is 14.2 Å². The van der Waals surface area contributed by atoms with Gasteiger partial charge in [0, 0.05) is 70.3 Å². The molecule has 0 saturated carbocycles. The summed E-state index contributed by atoms with van der Waals surface area (Å²) in [4.78, 5) is 57.6. The van der Waals surface area contributed by atoms with Crippen molar-refractivity contribution in [3.63, 3.8) is 0 Å². The number of nitrogens with zero attached hydrogens (tertiary/aromatic N) is 2. The van der Waals surface area contributed by atoms with Gasteiger partial charge in [-0.2, -0.15) is 0 Å². The molecule has 0 spiro atoms. The molecular weight excluding hydrogens is 699 g/mol. The monoisotopic (exact) mass is 753 g/mol. The topological polar surface area (TPSA) is 158 Å². The van der Waals surface area contributed by atoms with Gasteiger partial charge in [-0.05, 0) is 80.5 Å². The number of carbonyl (C=O) groups is 3. The van der Waals surface area contributed by atoms with E-state index >= 15 is 0 Å². The van der Waals surface area contributed by atoms with E-state index in [2.05, 4.69) is 48.7 Å². The van der Waals surface area contributed by atoms with E-state index in [0.717, 1.165) is 62.9 Å². The Morgan fingerprint density at radius 1 is 0.855 bits per heavy atom. The molecule has 2 aliphatic heterocycles. The summed E-state index contributed by atoms with van der Waals surface area (Å²) in [6.07, 6.45) is 3.90. The molecule has 0 aliphatic carbocycles. The van der Waals surface area contributed by atoms with Crippen LogP contribution in [0, 0.1) is 13.8 Å². The molecule has 3 N–H and O–H groups in total. The zero-order valence-corrected chi connectivity index (χ0v) is 33.5. The van der Waals surface area contributed by atoms with Gasteiger partial charge in [0.15, 0.2) is 0 Å². The van der Waals surface area contributed by atoms with E-state index < -0.39 is 5.97 Å². The van der Waals surface area contributed by atoms with Crippen LogP contribution in [0.25, 0.3) is 39.3 Å². The summed E-state index contributed by atoms with van der Waals surface area (Å²) in [7, 11) is 2.70. The Labute approximate surface area is 323 Å². The first-order valence-electron chi connectivity index (χ1n) is 19.1. The van der Waals surface area contributed by atoms with E-state index in [9.17, 15) is 14.4 Å². The third-order valence-corrected chi connectivity index (χ3v) is 10.6. The molecule has 55 heavy (non-hydrogen) atoms. The normalized spacial score (nSPS) is 15.3. The number of nitrogens with one attached hydrogen (secondary N) is 3. The van der Waals surface area contributed by atoms with Crippen molar-refractivity contribution in [2.75, 3.05) is 47.2 Å². The van der Waals surface area contributed by atoms with E-state index in [-0.39, 0.29) is 43.1 Å². The first kappa shape index (κ1) is 41.1. The van der Waals surface area contributed by atoms with Gasteiger partial charge in [-0.25, -0.2) is 4.98 Å². The fraction of sp³-hybridized carbons (Fsp3) is 0.465. The molecule has 0 radical (unpaired) electrons. The third kappa shape index (κ3) is 8.92. The smallest absolute Gasteiger partial charge is 0.310 e. The van der Waals surface area contributed by atoms with Gasteiger partial charge in [-0.1, -0.05) is 33.4 Å². The predicted octanol–water partition coefficient (Wildman–Crippen LogP) is 7.18. The molecule has 5 rings (SSSR count). The Hall–Kier alpha value is -5.07. The lowest BCUT2D eigenvalue weighted by Gasteiger charge is -2.18. The summed E-state index contributed by atoms with van der Waals surface area (Å²) in [5, 5.41) is 3.01. The molecule has 3 aromatic rings. The van der Waals surface area contributed by atoms with Crippen LogP contribution in [0.4, 0.5) is 0 Å². The van der Waals surface area contributed by atoms with Crippen molar-refractivity contribution < 1.29 is 33.3 Å². The van der Waals surface area contributed by atoms with Crippen LogP contribution >= 0.6 is 0 Å². The van der Waals surface area contributed by atoms with Crippen molar-refractivity contribution in [2.24, 2.45) is 0 Å². The van der Waals surface area contributed by atoms with Gasteiger partial charge in [-0.3, -0.25) is 19.4 Å².